The molecule has 0 aliphatic carbocycles. The molecule has 0 amide bonds. The number of halogens is 2. The molecule has 0 spiro atoms. The van der Waals surface area contributed by atoms with Gasteiger partial charge in [0.15, 0.2) is 11.6 Å². The van der Waals surface area contributed by atoms with Crippen LogP contribution in [0, 0.1) is 23.5 Å². The van der Waals surface area contributed by atoms with Gasteiger partial charge in [-0.1, -0.05) is 20.8 Å². The van der Waals surface area contributed by atoms with Gasteiger partial charge in [-0.3, -0.25) is 0 Å². The van der Waals surface area contributed by atoms with E-state index in [0.717, 1.165) is 31.7 Å². The maximum absolute atomic E-state index is 13.4. The zero-order valence-corrected chi connectivity index (χ0v) is 12.5. The Bertz CT molecular complexity index is 448. The van der Waals surface area contributed by atoms with Gasteiger partial charge in [-0.15, -0.1) is 0 Å². The van der Waals surface area contributed by atoms with E-state index in [1.807, 2.05) is 0 Å². The van der Waals surface area contributed by atoms with Crippen LogP contribution in [0.4, 0.5) is 14.5 Å². The summed E-state index contributed by atoms with van der Waals surface area (Å²) in [4.78, 5) is 2.15. The van der Waals surface area contributed by atoms with Gasteiger partial charge in [0.25, 0.3) is 0 Å². The maximum atomic E-state index is 13.4. The Labute approximate surface area is 120 Å². The standard InChI is InChI=1S/C16H24F2N2/c1-11(2)8-19-13-6-12(3)9-20(10-13)14-4-5-15(17)16(18)7-14/h4-5,7,11-13,19H,6,8-10H2,1-3H3. The summed E-state index contributed by atoms with van der Waals surface area (Å²) in [5.41, 5.74) is 0.770. The molecule has 2 rings (SSSR count). The Morgan fingerprint density at radius 3 is 2.65 bits per heavy atom. The van der Waals surface area contributed by atoms with Gasteiger partial charge in [-0.25, -0.2) is 8.78 Å². The van der Waals surface area contributed by atoms with Crippen molar-refractivity contribution in [1.82, 2.24) is 5.32 Å². The van der Waals surface area contributed by atoms with Gasteiger partial charge in [0.05, 0.1) is 0 Å². The molecule has 1 N–H and O–H groups in total. The summed E-state index contributed by atoms with van der Waals surface area (Å²) in [6, 6.07) is 4.58. The molecule has 1 aliphatic rings. The minimum Gasteiger partial charge on any atom is -0.370 e. The van der Waals surface area contributed by atoms with E-state index in [0.29, 0.717) is 17.9 Å². The van der Waals surface area contributed by atoms with Crippen LogP contribution in [0.25, 0.3) is 0 Å². The van der Waals surface area contributed by atoms with E-state index in [1.54, 1.807) is 6.07 Å². The van der Waals surface area contributed by atoms with Crippen molar-refractivity contribution in [1.29, 1.82) is 0 Å². The molecule has 4 heteroatoms. The fourth-order valence-electron chi connectivity index (χ4n) is 2.79. The summed E-state index contributed by atoms with van der Waals surface area (Å²) < 4.78 is 26.4. The summed E-state index contributed by atoms with van der Waals surface area (Å²) in [6.07, 6.45) is 1.13. The molecule has 1 aromatic carbocycles. The van der Waals surface area contributed by atoms with Crippen LogP contribution >= 0.6 is 0 Å². The van der Waals surface area contributed by atoms with Gasteiger partial charge in [0.1, 0.15) is 0 Å². The molecule has 0 saturated carbocycles. The number of nitrogens with zero attached hydrogens (tertiary/aromatic N) is 1. The van der Waals surface area contributed by atoms with Gasteiger partial charge >= 0.3 is 0 Å². The molecular weight excluding hydrogens is 258 g/mol. The first kappa shape index (κ1) is 15.2. The summed E-state index contributed by atoms with van der Waals surface area (Å²) in [7, 11) is 0. The van der Waals surface area contributed by atoms with Crippen molar-refractivity contribution in [2.45, 2.75) is 33.2 Å². The average Bonchev–Trinajstić information content (AvgIpc) is 2.39. The molecule has 2 nitrogen and oxygen atoms in total. The first-order chi connectivity index (χ1) is 9.45. The highest BCUT2D eigenvalue weighted by molar-refractivity contribution is 5.47. The molecule has 0 radical (unpaired) electrons. The predicted octanol–water partition coefficient (Wildman–Crippen LogP) is 3.43. The lowest BCUT2D eigenvalue weighted by molar-refractivity contribution is 0.339. The molecule has 20 heavy (non-hydrogen) atoms. The van der Waals surface area contributed by atoms with Gasteiger partial charge in [-0.2, -0.15) is 0 Å². The number of hydrogen-bond acceptors (Lipinski definition) is 2. The molecular formula is C16H24F2N2. The molecule has 2 unspecified atom stereocenters. The van der Waals surface area contributed by atoms with Crippen molar-refractivity contribution in [2.24, 2.45) is 11.8 Å². The maximum Gasteiger partial charge on any atom is 0.160 e. The predicted molar refractivity (Wildman–Crippen MR) is 79.0 cm³/mol. The Hall–Kier alpha value is -1.16. The van der Waals surface area contributed by atoms with Gasteiger partial charge in [0.2, 0.25) is 0 Å². The Balaban J connectivity index is 2.05. The second kappa shape index (κ2) is 6.53. The minimum atomic E-state index is -0.784. The smallest absolute Gasteiger partial charge is 0.160 e. The Kier molecular flexibility index (Phi) is 4.97. The first-order valence-corrected chi connectivity index (χ1v) is 7.39. The number of rotatable bonds is 4. The number of piperidine rings is 1. The van der Waals surface area contributed by atoms with Crippen molar-refractivity contribution in [3.8, 4) is 0 Å². The summed E-state index contributed by atoms with van der Waals surface area (Å²) in [5, 5.41) is 3.57. The van der Waals surface area contributed by atoms with Gasteiger partial charge in [0, 0.05) is 30.9 Å². The summed E-state index contributed by atoms with van der Waals surface area (Å²) >= 11 is 0. The second-order valence-corrected chi connectivity index (χ2v) is 6.34. The average molecular weight is 282 g/mol. The molecule has 1 heterocycles. The van der Waals surface area contributed by atoms with Crippen LogP contribution < -0.4 is 10.2 Å². The van der Waals surface area contributed by atoms with Crippen molar-refractivity contribution in [3.63, 3.8) is 0 Å². The number of nitrogens with one attached hydrogen (secondary N) is 1. The Morgan fingerprint density at radius 1 is 1.25 bits per heavy atom. The van der Waals surface area contributed by atoms with Crippen LogP contribution in [-0.2, 0) is 0 Å². The van der Waals surface area contributed by atoms with Crippen LogP contribution in [0.1, 0.15) is 27.2 Å². The van der Waals surface area contributed by atoms with Gasteiger partial charge in [-0.05, 0) is 36.9 Å². The lowest BCUT2D eigenvalue weighted by Gasteiger charge is -2.38. The van der Waals surface area contributed by atoms with E-state index in [4.69, 9.17) is 0 Å². The highest BCUT2D eigenvalue weighted by atomic mass is 19.2. The molecule has 1 saturated heterocycles. The fraction of sp³-hybridized carbons (Fsp3) is 0.625. The summed E-state index contributed by atoms with van der Waals surface area (Å²) in [5.74, 6) is -0.397. The van der Waals surface area contributed by atoms with Crippen molar-refractivity contribution in [3.05, 3.63) is 29.8 Å². The molecule has 0 aromatic heterocycles. The van der Waals surface area contributed by atoms with Crippen LogP contribution in [0.3, 0.4) is 0 Å². The molecule has 1 fully saturated rings. The van der Waals surface area contributed by atoms with E-state index in [1.165, 1.54) is 12.1 Å². The van der Waals surface area contributed by atoms with E-state index < -0.39 is 11.6 Å². The summed E-state index contributed by atoms with van der Waals surface area (Å²) in [6.45, 7) is 9.31. The molecule has 0 bridgehead atoms. The number of hydrogen-bond donors (Lipinski definition) is 1. The normalized spacial score (nSPS) is 23.4. The third-order valence-corrected chi connectivity index (χ3v) is 3.74. The van der Waals surface area contributed by atoms with Crippen molar-refractivity contribution >= 4 is 5.69 Å². The largest absolute Gasteiger partial charge is 0.370 e. The monoisotopic (exact) mass is 282 g/mol. The zero-order valence-electron chi connectivity index (χ0n) is 12.5. The zero-order chi connectivity index (χ0) is 14.7. The number of anilines is 1. The molecule has 112 valence electrons. The van der Waals surface area contributed by atoms with E-state index in [9.17, 15) is 8.78 Å². The lowest BCUT2D eigenvalue weighted by atomic mass is 9.95. The van der Waals surface area contributed by atoms with Crippen LogP contribution in [-0.4, -0.2) is 25.7 Å². The fourth-order valence-corrected chi connectivity index (χ4v) is 2.79. The quantitative estimate of drug-likeness (QED) is 0.910. The highest BCUT2D eigenvalue weighted by Gasteiger charge is 2.25. The molecule has 1 aliphatic heterocycles. The van der Waals surface area contributed by atoms with Crippen molar-refractivity contribution in [2.75, 3.05) is 24.5 Å². The van der Waals surface area contributed by atoms with E-state index in [-0.39, 0.29) is 0 Å². The van der Waals surface area contributed by atoms with Crippen molar-refractivity contribution < 1.29 is 8.78 Å². The minimum absolute atomic E-state index is 0.411. The van der Waals surface area contributed by atoms with E-state index in [2.05, 4.69) is 31.0 Å². The number of benzene rings is 1. The van der Waals surface area contributed by atoms with Crippen LogP contribution in [0.15, 0.2) is 18.2 Å². The van der Waals surface area contributed by atoms with E-state index >= 15 is 0 Å². The second-order valence-electron chi connectivity index (χ2n) is 6.34. The third-order valence-electron chi connectivity index (χ3n) is 3.74. The van der Waals surface area contributed by atoms with Crippen LogP contribution in [0.2, 0.25) is 0 Å². The first-order valence-electron chi connectivity index (χ1n) is 7.39. The lowest BCUT2D eigenvalue weighted by Crippen LogP contribution is -2.49. The molecule has 1 aromatic rings. The van der Waals surface area contributed by atoms with Crippen LogP contribution in [0.5, 0.6) is 0 Å². The third kappa shape index (κ3) is 3.92. The Morgan fingerprint density at radius 2 is 2.00 bits per heavy atom. The highest BCUT2D eigenvalue weighted by Crippen LogP contribution is 2.24. The molecule has 2 atom stereocenters. The van der Waals surface area contributed by atoms with Gasteiger partial charge < -0.3 is 10.2 Å². The SMILES string of the molecule is CC(C)CNC1CC(C)CN(c2ccc(F)c(F)c2)C1. The topological polar surface area (TPSA) is 15.3 Å².